The first-order valence-corrected chi connectivity index (χ1v) is 17.5. The van der Waals surface area contributed by atoms with Crippen molar-refractivity contribution in [2.75, 3.05) is 51.6 Å². The van der Waals surface area contributed by atoms with Crippen LogP contribution in [0.1, 0.15) is 25.8 Å². The number of ether oxygens (including phenoxy) is 1. The molecule has 2 aromatic carbocycles. The Hall–Kier alpha value is -1.68. The molecule has 0 unspecified atom stereocenters. The van der Waals surface area contributed by atoms with Gasteiger partial charge in [-0.2, -0.15) is 13.2 Å². The van der Waals surface area contributed by atoms with E-state index in [1.807, 2.05) is 30.3 Å². The zero-order valence-electron chi connectivity index (χ0n) is 23.2. The van der Waals surface area contributed by atoms with Crippen LogP contribution in [0.4, 0.5) is 13.2 Å². The van der Waals surface area contributed by atoms with Crippen LogP contribution < -0.4 is 5.14 Å². The molecule has 1 saturated heterocycles. The smallest absolute Gasteiger partial charge is 0.374 e. The Morgan fingerprint density at radius 3 is 2.39 bits per heavy atom. The Labute approximate surface area is 245 Å². The van der Waals surface area contributed by atoms with Gasteiger partial charge in [-0.1, -0.05) is 38.1 Å². The van der Waals surface area contributed by atoms with Crippen LogP contribution in [0.3, 0.4) is 0 Å². The molecular formula is C27H38F3N3O5S3. The number of morpholine rings is 1. The number of thioether (sulfide) groups is 1. The second-order valence-electron chi connectivity index (χ2n) is 10.0. The summed E-state index contributed by atoms with van der Waals surface area (Å²) in [4.78, 5) is 3.79. The van der Waals surface area contributed by atoms with Crippen molar-refractivity contribution in [1.82, 2.24) is 9.80 Å². The Morgan fingerprint density at radius 2 is 1.78 bits per heavy atom. The fourth-order valence-electron chi connectivity index (χ4n) is 4.77. The third-order valence-corrected chi connectivity index (χ3v) is 10.9. The maximum atomic E-state index is 13.6. The van der Waals surface area contributed by atoms with Crippen LogP contribution in [-0.4, -0.2) is 89.9 Å². The number of rotatable bonds is 14. The summed E-state index contributed by atoms with van der Waals surface area (Å²) in [7, 11) is -10.2. The van der Waals surface area contributed by atoms with E-state index in [1.165, 1.54) is 11.8 Å². The molecule has 0 aromatic heterocycles. The predicted molar refractivity (Wildman–Crippen MR) is 154 cm³/mol. The minimum absolute atomic E-state index is 0.0165. The van der Waals surface area contributed by atoms with Gasteiger partial charge in [-0.25, -0.2) is 22.0 Å². The number of likely N-dealkylation sites (N-methyl/N-ethyl adjacent to an activating group) is 1. The van der Waals surface area contributed by atoms with Crippen molar-refractivity contribution in [2.45, 2.75) is 53.0 Å². The van der Waals surface area contributed by atoms with Crippen molar-refractivity contribution in [3.63, 3.8) is 0 Å². The Kier molecular flexibility index (Phi) is 12.1. The normalized spacial score (nSPS) is 18.1. The lowest BCUT2D eigenvalue weighted by Crippen LogP contribution is -2.48. The maximum absolute atomic E-state index is 13.6. The van der Waals surface area contributed by atoms with Crippen LogP contribution >= 0.6 is 11.8 Å². The lowest BCUT2D eigenvalue weighted by molar-refractivity contribution is -0.0436. The number of hydrogen-bond donors (Lipinski definition) is 1. The summed E-state index contributed by atoms with van der Waals surface area (Å²) < 4.78 is 95.5. The predicted octanol–water partition coefficient (Wildman–Crippen LogP) is 4.01. The zero-order chi connectivity index (χ0) is 30.3. The van der Waals surface area contributed by atoms with Crippen molar-refractivity contribution >= 4 is 31.6 Å². The van der Waals surface area contributed by atoms with E-state index in [-0.39, 0.29) is 24.0 Å². The van der Waals surface area contributed by atoms with Crippen LogP contribution in [-0.2, 0) is 31.0 Å². The molecule has 8 nitrogen and oxygen atoms in total. The van der Waals surface area contributed by atoms with Crippen LogP contribution in [0.25, 0.3) is 0 Å². The first-order valence-electron chi connectivity index (χ1n) is 13.5. The molecule has 1 fully saturated rings. The fourth-order valence-corrected chi connectivity index (χ4v) is 7.48. The molecule has 0 bridgehead atoms. The molecule has 2 N–H and O–H groups in total. The summed E-state index contributed by atoms with van der Waals surface area (Å²) in [6, 6.07) is 12.2. The van der Waals surface area contributed by atoms with Gasteiger partial charge >= 0.3 is 5.51 Å². The molecular weight excluding hydrogens is 600 g/mol. The second kappa shape index (κ2) is 14.7. The molecule has 14 heteroatoms. The van der Waals surface area contributed by atoms with Crippen molar-refractivity contribution in [3.8, 4) is 0 Å². The highest BCUT2D eigenvalue weighted by Gasteiger charge is 2.48. The highest BCUT2D eigenvalue weighted by Crippen LogP contribution is 2.35. The molecule has 2 aromatic rings. The molecule has 1 aliphatic rings. The van der Waals surface area contributed by atoms with Gasteiger partial charge in [-0.15, -0.1) is 11.8 Å². The molecule has 0 aliphatic carbocycles. The maximum Gasteiger partial charge on any atom is 0.501 e. The minimum Gasteiger partial charge on any atom is -0.374 e. The number of nitrogens with two attached hydrogens (primary N) is 1. The Bertz CT molecular complexity index is 1340. The minimum atomic E-state index is -5.82. The van der Waals surface area contributed by atoms with E-state index in [2.05, 4.69) is 23.6 Å². The summed E-state index contributed by atoms with van der Waals surface area (Å²) in [6.07, 6.45) is 0.665. The van der Waals surface area contributed by atoms with E-state index < -0.39 is 35.2 Å². The zero-order valence-corrected chi connectivity index (χ0v) is 25.7. The fraction of sp³-hybridized carbons (Fsp3) is 0.556. The summed E-state index contributed by atoms with van der Waals surface area (Å²) in [5.74, 6) is 0.325. The molecule has 0 radical (unpaired) electrons. The van der Waals surface area contributed by atoms with Crippen LogP contribution in [0.15, 0.2) is 63.2 Å². The van der Waals surface area contributed by atoms with Crippen molar-refractivity contribution in [1.29, 1.82) is 0 Å². The highest BCUT2D eigenvalue weighted by atomic mass is 32.2. The van der Waals surface area contributed by atoms with Gasteiger partial charge in [0.1, 0.15) is 0 Å². The topological polar surface area (TPSA) is 110 Å². The number of hydrogen-bond acceptors (Lipinski definition) is 8. The quantitative estimate of drug-likeness (QED) is 0.310. The first-order chi connectivity index (χ1) is 19.2. The average molecular weight is 638 g/mol. The summed E-state index contributed by atoms with van der Waals surface area (Å²) in [6.45, 7) is 9.55. The van der Waals surface area contributed by atoms with E-state index in [4.69, 9.17) is 9.88 Å². The molecule has 1 aliphatic heterocycles. The lowest BCUT2D eigenvalue weighted by atomic mass is 9.97. The van der Waals surface area contributed by atoms with Gasteiger partial charge in [0.2, 0.25) is 10.0 Å². The molecule has 0 saturated carbocycles. The molecule has 0 spiro atoms. The number of nitrogens with zero attached hydrogens (tertiary/aromatic N) is 2. The van der Waals surface area contributed by atoms with Crippen molar-refractivity contribution < 1.29 is 34.7 Å². The largest absolute Gasteiger partial charge is 0.501 e. The highest BCUT2D eigenvalue weighted by molar-refractivity contribution is 7.99. The van der Waals surface area contributed by atoms with E-state index in [0.717, 1.165) is 49.8 Å². The molecule has 230 valence electrons. The van der Waals surface area contributed by atoms with Gasteiger partial charge in [-0.05, 0) is 68.2 Å². The summed E-state index contributed by atoms with van der Waals surface area (Å²) >= 11 is 1.54. The number of benzene rings is 2. The Morgan fingerprint density at radius 1 is 1.10 bits per heavy atom. The molecule has 1 heterocycles. The SMILES string of the molecule is CCN(CC)C[C@H]1CN(CC[C@H](CSc2ccccc2)Cc2ccc(S(N)(=O)=O)cc2S(=O)(=O)C(F)(F)F)CCO1. The number of sulfone groups is 1. The van der Waals surface area contributed by atoms with Crippen LogP contribution in [0, 0.1) is 5.92 Å². The standard InChI is InChI=1S/C27H38F3N3O5S3/c1-3-32(4-2)18-23-19-33(14-15-38-23)13-12-21(20-39-24-8-6-5-7-9-24)16-22-10-11-25(41(31,36)37)17-26(22)40(34,35)27(28,29)30/h5-11,17,21,23H,3-4,12-16,18-20H2,1-2H3,(H2,31,36,37)/t21-,23-/m0/s1. The molecule has 2 atom stereocenters. The van der Waals surface area contributed by atoms with Crippen LogP contribution in [0.5, 0.6) is 0 Å². The van der Waals surface area contributed by atoms with Gasteiger partial charge < -0.3 is 9.64 Å². The molecule has 3 rings (SSSR count). The molecule has 41 heavy (non-hydrogen) atoms. The number of alkyl halides is 3. The monoisotopic (exact) mass is 637 g/mol. The Balaban J connectivity index is 1.85. The van der Waals surface area contributed by atoms with E-state index >= 15 is 0 Å². The summed E-state index contributed by atoms with van der Waals surface area (Å²) in [5, 5.41) is 5.10. The van der Waals surface area contributed by atoms with E-state index in [9.17, 15) is 30.0 Å². The van der Waals surface area contributed by atoms with Gasteiger partial charge in [0, 0.05) is 30.3 Å². The number of sulfonamides is 1. The lowest BCUT2D eigenvalue weighted by Gasteiger charge is -2.36. The van der Waals surface area contributed by atoms with Gasteiger partial charge in [-0.3, -0.25) is 4.90 Å². The van der Waals surface area contributed by atoms with Crippen LogP contribution in [0.2, 0.25) is 0 Å². The van der Waals surface area contributed by atoms with Crippen molar-refractivity contribution in [2.24, 2.45) is 11.1 Å². The number of primary sulfonamides is 1. The molecule has 0 amide bonds. The van der Waals surface area contributed by atoms with Gasteiger partial charge in [0.05, 0.1) is 22.5 Å². The summed E-state index contributed by atoms with van der Waals surface area (Å²) in [5.41, 5.74) is -5.68. The van der Waals surface area contributed by atoms with E-state index in [1.54, 1.807) is 0 Å². The van der Waals surface area contributed by atoms with Gasteiger partial charge in [0.25, 0.3) is 9.84 Å². The van der Waals surface area contributed by atoms with E-state index in [0.29, 0.717) is 31.4 Å². The number of halogens is 3. The second-order valence-corrected chi connectivity index (χ2v) is 14.6. The van der Waals surface area contributed by atoms with Crippen molar-refractivity contribution in [3.05, 3.63) is 54.1 Å². The first kappa shape index (κ1) is 33.8. The average Bonchev–Trinajstić information content (AvgIpc) is 2.92. The third kappa shape index (κ3) is 9.66. The third-order valence-electron chi connectivity index (χ3n) is 7.13. The van der Waals surface area contributed by atoms with Gasteiger partial charge in [0.15, 0.2) is 0 Å².